The van der Waals surface area contributed by atoms with E-state index in [0.717, 1.165) is 38.0 Å². The molecule has 3 heterocycles. The molecule has 7 nitrogen and oxygen atoms in total. The van der Waals surface area contributed by atoms with Crippen LogP contribution in [0.4, 0.5) is 5.69 Å². The number of carbonyl (C=O) groups is 1. The smallest absolute Gasteiger partial charge is 0.296 e. The number of hydrogen-bond donors (Lipinski definition) is 0. The van der Waals surface area contributed by atoms with E-state index in [9.17, 15) is 14.4 Å². The average molecular weight is 509 g/mol. The van der Waals surface area contributed by atoms with E-state index in [2.05, 4.69) is 26.0 Å². The Labute approximate surface area is 194 Å². The minimum atomic E-state index is -0.472. The van der Waals surface area contributed by atoms with Gasteiger partial charge >= 0.3 is 0 Å². The molecule has 4 aromatic rings. The number of amides is 1. The van der Waals surface area contributed by atoms with Crippen molar-refractivity contribution in [3.63, 3.8) is 0 Å². The topological polar surface area (TPSA) is 84.6 Å². The van der Waals surface area contributed by atoms with Gasteiger partial charge in [-0.1, -0.05) is 64.5 Å². The van der Waals surface area contributed by atoms with Crippen molar-refractivity contribution < 1.29 is 4.79 Å². The Morgan fingerprint density at radius 2 is 1.84 bits per heavy atom. The second-order valence-corrected chi connectivity index (χ2v) is 9.34. The van der Waals surface area contributed by atoms with Crippen molar-refractivity contribution in [2.24, 2.45) is 0 Å². The highest BCUT2D eigenvalue weighted by atomic mass is 79.9. The summed E-state index contributed by atoms with van der Waals surface area (Å²) in [4.78, 5) is 45.1. The van der Waals surface area contributed by atoms with Gasteiger partial charge in [-0.25, -0.2) is 0 Å². The van der Waals surface area contributed by atoms with Crippen LogP contribution in [0.15, 0.2) is 62.6 Å². The second kappa shape index (κ2) is 8.07. The Kier molecular flexibility index (Phi) is 5.22. The minimum Gasteiger partial charge on any atom is -0.308 e. The zero-order valence-electron chi connectivity index (χ0n) is 17.0. The molecular weight excluding hydrogens is 492 g/mol. The van der Waals surface area contributed by atoms with Crippen LogP contribution >= 0.6 is 27.3 Å². The van der Waals surface area contributed by atoms with E-state index < -0.39 is 11.1 Å². The average Bonchev–Trinajstić information content (AvgIpc) is 3.22. The normalized spacial score (nSPS) is 14.9. The maximum absolute atomic E-state index is 13.3. The monoisotopic (exact) mass is 508 g/mol. The molecule has 0 N–H and O–H groups in total. The molecule has 5 rings (SSSR count). The molecule has 0 bridgehead atoms. The summed E-state index contributed by atoms with van der Waals surface area (Å²) in [6.45, 7) is 2.54. The maximum atomic E-state index is 13.3. The van der Waals surface area contributed by atoms with Crippen LogP contribution in [0.3, 0.4) is 0 Å². The Hall–Kier alpha value is -3.17. The molecule has 0 saturated heterocycles. The number of hydrogen-bond acceptors (Lipinski definition) is 6. The van der Waals surface area contributed by atoms with Crippen LogP contribution in [0.1, 0.15) is 30.2 Å². The maximum Gasteiger partial charge on any atom is 0.296 e. The zero-order valence-corrected chi connectivity index (χ0v) is 19.4. The molecule has 1 amide bonds. The van der Waals surface area contributed by atoms with Crippen LogP contribution in [0.5, 0.6) is 0 Å². The first-order valence-electron chi connectivity index (χ1n) is 10.1. The number of benzene rings is 2. The van der Waals surface area contributed by atoms with Gasteiger partial charge in [0.2, 0.25) is 4.96 Å². The molecule has 0 saturated carbocycles. The van der Waals surface area contributed by atoms with Gasteiger partial charge in [-0.05, 0) is 30.2 Å². The molecule has 0 atom stereocenters. The Bertz CT molecular complexity index is 1550. The van der Waals surface area contributed by atoms with Crippen molar-refractivity contribution in [1.82, 2.24) is 14.6 Å². The number of thiazole rings is 1. The van der Waals surface area contributed by atoms with Crippen molar-refractivity contribution in [1.29, 1.82) is 0 Å². The Balaban J connectivity index is 1.74. The molecule has 2 aromatic heterocycles. The van der Waals surface area contributed by atoms with Crippen LogP contribution < -0.4 is 20.6 Å². The van der Waals surface area contributed by atoms with E-state index in [1.807, 2.05) is 55.5 Å². The Morgan fingerprint density at radius 1 is 1.06 bits per heavy atom. The first-order valence-corrected chi connectivity index (χ1v) is 11.7. The number of aromatic nitrogens is 3. The molecule has 2 aromatic carbocycles. The number of fused-ring (bicyclic) bond motifs is 2. The number of nitrogens with zero attached hydrogens (tertiary/aromatic N) is 4. The van der Waals surface area contributed by atoms with Crippen molar-refractivity contribution in [3.05, 3.63) is 95.1 Å². The number of rotatable bonds is 4. The molecule has 160 valence electrons. The standard InChI is InChI=1S/C23H17BrN4O3S/c1-2-10-27-17-9-8-14(24)12-15(17)18(21(27)30)19-22(31)28-23(32-19)25-20(29)16(26-28)11-13-6-4-3-5-7-13/h3-9,12H,2,10-11H2,1H3/b19-18-. The molecular formula is C23H17BrN4O3S. The molecule has 0 aliphatic carbocycles. The van der Waals surface area contributed by atoms with Gasteiger partial charge in [0.25, 0.3) is 17.0 Å². The van der Waals surface area contributed by atoms with E-state index in [1.54, 1.807) is 4.90 Å². The fourth-order valence-electron chi connectivity index (χ4n) is 3.86. The largest absolute Gasteiger partial charge is 0.308 e. The fourth-order valence-corrected chi connectivity index (χ4v) is 5.22. The quantitative estimate of drug-likeness (QED) is 0.422. The van der Waals surface area contributed by atoms with E-state index in [4.69, 9.17) is 0 Å². The predicted molar refractivity (Wildman–Crippen MR) is 127 cm³/mol. The fraction of sp³-hybridized carbons (Fsp3) is 0.174. The lowest BCUT2D eigenvalue weighted by atomic mass is 10.1. The molecule has 1 aliphatic heterocycles. The van der Waals surface area contributed by atoms with E-state index >= 15 is 0 Å². The molecule has 0 fully saturated rings. The van der Waals surface area contributed by atoms with Gasteiger partial charge in [-0.3, -0.25) is 14.4 Å². The van der Waals surface area contributed by atoms with Gasteiger partial charge in [0, 0.05) is 23.0 Å². The van der Waals surface area contributed by atoms with Crippen molar-refractivity contribution in [3.8, 4) is 0 Å². The number of carbonyl (C=O) groups excluding carboxylic acids is 1. The summed E-state index contributed by atoms with van der Waals surface area (Å²) in [6, 6.07) is 15.0. The first-order chi connectivity index (χ1) is 15.5. The predicted octanol–water partition coefficient (Wildman–Crippen LogP) is 2.54. The summed E-state index contributed by atoms with van der Waals surface area (Å²) in [5.74, 6) is -0.226. The van der Waals surface area contributed by atoms with Crippen molar-refractivity contribution >= 4 is 49.4 Å². The van der Waals surface area contributed by atoms with Gasteiger partial charge in [0.15, 0.2) is 0 Å². The summed E-state index contributed by atoms with van der Waals surface area (Å²) in [7, 11) is 0. The minimum absolute atomic E-state index is 0.178. The van der Waals surface area contributed by atoms with Gasteiger partial charge in [-0.2, -0.15) is 14.6 Å². The lowest BCUT2D eigenvalue weighted by Gasteiger charge is -2.15. The highest BCUT2D eigenvalue weighted by Crippen LogP contribution is 2.37. The van der Waals surface area contributed by atoms with Crippen LogP contribution in [0.2, 0.25) is 0 Å². The third-order valence-corrected chi connectivity index (χ3v) is 6.82. The van der Waals surface area contributed by atoms with Gasteiger partial charge < -0.3 is 4.90 Å². The Morgan fingerprint density at radius 3 is 2.59 bits per heavy atom. The lowest BCUT2D eigenvalue weighted by molar-refractivity contribution is -0.113. The third-order valence-electron chi connectivity index (χ3n) is 5.29. The molecule has 32 heavy (non-hydrogen) atoms. The van der Waals surface area contributed by atoms with Crippen LogP contribution in [-0.4, -0.2) is 27.0 Å². The van der Waals surface area contributed by atoms with Crippen LogP contribution in [-0.2, 0) is 11.2 Å². The highest BCUT2D eigenvalue weighted by Gasteiger charge is 2.34. The van der Waals surface area contributed by atoms with Crippen molar-refractivity contribution in [2.45, 2.75) is 19.8 Å². The van der Waals surface area contributed by atoms with E-state index in [-0.39, 0.29) is 27.5 Å². The van der Waals surface area contributed by atoms with Crippen LogP contribution in [0.25, 0.3) is 10.5 Å². The SMILES string of the molecule is CCCN1C(=O)/C(=c2\sc3nc(=O)c(Cc4ccccc4)nn3c2=O)c2cc(Br)ccc21. The van der Waals surface area contributed by atoms with Gasteiger partial charge in [-0.15, -0.1) is 0 Å². The molecule has 1 aliphatic rings. The van der Waals surface area contributed by atoms with E-state index in [0.29, 0.717) is 17.7 Å². The summed E-state index contributed by atoms with van der Waals surface area (Å²) >= 11 is 4.48. The zero-order chi connectivity index (χ0) is 22.4. The van der Waals surface area contributed by atoms with E-state index in [1.165, 1.54) is 0 Å². The van der Waals surface area contributed by atoms with Gasteiger partial charge in [0.1, 0.15) is 10.2 Å². The summed E-state index contributed by atoms with van der Waals surface area (Å²) < 4.78 is 2.19. The van der Waals surface area contributed by atoms with Crippen molar-refractivity contribution in [2.75, 3.05) is 11.4 Å². The summed E-state index contributed by atoms with van der Waals surface area (Å²) in [5, 5.41) is 4.31. The van der Waals surface area contributed by atoms with Gasteiger partial charge in [0.05, 0.1) is 11.3 Å². The first kappa shape index (κ1) is 20.7. The molecule has 0 radical (unpaired) electrons. The number of anilines is 1. The summed E-state index contributed by atoms with van der Waals surface area (Å²) in [5.41, 5.74) is 1.96. The highest BCUT2D eigenvalue weighted by molar-refractivity contribution is 9.10. The molecule has 0 unspecified atom stereocenters. The van der Waals surface area contributed by atoms with Crippen LogP contribution in [0, 0.1) is 0 Å². The third kappa shape index (κ3) is 3.37. The molecule has 9 heteroatoms. The molecule has 0 spiro atoms. The number of halogens is 1. The second-order valence-electron chi connectivity index (χ2n) is 7.45. The lowest BCUT2D eigenvalue weighted by Crippen LogP contribution is -2.33. The summed E-state index contributed by atoms with van der Waals surface area (Å²) in [6.07, 6.45) is 1.06.